The maximum Gasteiger partial charge on any atom is 0.319 e. The predicted molar refractivity (Wildman–Crippen MR) is 107 cm³/mol. The number of amides is 2. The molecule has 26 heavy (non-hydrogen) atoms. The van der Waals surface area contributed by atoms with Crippen molar-refractivity contribution < 1.29 is 4.79 Å². The highest BCUT2D eigenvalue weighted by molar-refractivity contribution is 5.89. The number of hydrogen-bond acceptors (Lipinski definition) is 4. The lowest BCUT2D eigenvalue weighted by atomic mass is 10.1. The third-order valence-electron chi connectivity index (χ3n) is 4.54. The third-order valence-corrected chi connectivity index (χ3v) is 4.54. The molecule has 0 atom stereocenters. The lowest BCUT2D eigenvalue weighted by molar-refractivity contribution is 0.251. The Bertz CT molecular complexity index is 751. The molecule has 1 aliphatic rings. The zero-order valence-electron chi connectivity index (χ0n) is 15.7. The molecule has 1 aliphatic carbocycles. The number of hydrogen-bond donors (Lipinski definition) is 3. The van der Waals surface area contributed by atoms with Crippen molar-refractivity contribution in [2.75, 3.05) is 28.6 Å². The van der Waals surface area contributed by atoms with E-state index in [2.05, 4.69) is 64.8 Å². The van der Waals surface area contributed by atoms with E-state index in [-0.39, 0.29) is 6.03 Å². The van der Waals surface area contributed by atoms with Crippen molar-refractivity contribution in [2.45, 2.75) is 39.7 Å². The van der Waals surface area contributed by atoms with Crippen LogP contribution in [0, 0.1) is 6.92 Å². The summed E-state index contributed by atoms with van der Waals surface area (Å²) in [4.78, 5) is 18.5. The van der Waals surface area contributed by atoms with Crippen LogP contribution >= 0.6 is 0 Å². The fourth-order valence-electron chi connectivity index (χ4n) is 2.83. The molecule has 3 N–H and O–H groups in total. The Morgan fingerprint density at radius 3 is 2.54 bits per heavy atom. The number of urea groups is 1. The first-order valence-corrected chi connectivity index (χ1v) is 9.25. The largest absolute Gasteiger partial charge is 0.372 e. The van der Waals surface area contributed by atoms with Gasteiger partial charge in [-0.25, -0.2) is 9.78 Å². The van der Waals surface area contributed by atoms with E-state index in [1.165, 1.54) is 11.3 Å². The molecule has 0 aliphatic heterocycles. The molecular weight excluding hydrogens is 326 g/mol. The van der Waals surface area contributed by atoms with Crippen molar-refractivity contribution in [3.63, 3.8) is 0 Å². The van der Waals surface area contributed by atoms with Crippen LogP contribution in [0.4, 0.5) is 27.7 Å². The number of nitrogens with one attached hydrogen (secondary N) is 3. The van der Waals surface area contributed by atoms with Crippen LogP contribution in [0.15, 0.2) is 36.5 Å². The number of pyridine rings is 1. The van der Waals surface area contributed by atoms with Gasteiger partial charge >= 0.3 is 6.03 Å². The van der Waals surface area contributed by atoms with Gasteiger partial charge in [0.25, 0.3) is 0 Å². The van der Waals surface area contributed by atoms with Gasteiger partial charge in [0.15, 0.2) is 0 Å². The van der Waals surface area contributed by atoms with Crippen molar-refractivity contribution in [2.24, 2.45) is 0 Å². The van der Waals surface area contributed by atoms with E-state index >= 15 is 0 Å². The number of nitrogens with zero attached hydrogens (tertiary/aromatic N) is 2. The van der Waals surface area contributed by atoms with Crippen molar-refractivity contribution in [3.05, 3.63) is 42.1 Å². The quantitative estimate of drug-likeness (QED) is 0.695. The highest BCUT2D eigenvalue weighted by Crippen LogP contribution is 2.25. The van der Waals surface area contributed by atoms with Gasteiger partial charge in [0, 0.05) is 30.5 Å². The Morgan fingerprint density at radius 1 is 1.19 bits per heavy atom. The molecule has 2 aromatic rings. The summed E-state index contributed by atoms with van der Waals surface area (Å²) in [7, 11) is 0. The molecule has 3 rings (SSSR count). The molecule has 0 unspecified atom stereocenters. The minimum Gasteiger partial charge on any atom is -0.372 e. The number of aromatic nitrogens is 1. The van der Waals surface area contributed by atoms with E-state index in [9.17, 15) is 4.79 Å². The molecule has 0 saturated heterocycles. The monoisotopic (exact) mass is 353 g/mol. The van der Waals surface area contributed by atoms with Crippen LogP contribution in [-0.4, -0.2) is 30.1 Å². The molecule has 1 aromatic heterocycles. The number of benzene rings is 1. The molecule has 2 amide bonds. The van der Waals surface area contributed by atoms with Crippen molar-refractivity contribution in [1.29, 1.82) is 0 Å². The molecule has 138 valence electrons. The first-order valence-electron chi connectivity index (χ1n) is 9.25. The molecule has 6 nitrogen and oxygen atoms in total. The molecule has 1 fully saturated rings. The SMILES string of the molecule is CCN(CC)c1ccc(Nc2ccc(NC(=O)NC3CC3)cn2)c(C)c1. The van der Waals surface area contributed by atoms with Crippen LogP contribution < -0.4 is 20.9 Å². The van der Waals surface area contributed by atoms with E-state index in [1.54, 1.807) is 6.20 Å². The van der Waals surface area contributed by atoms with Gasteiger partial charge in [-0.15, -0.1) is 0 Å². The minimum atomic E-state index is -0.169. The average molecular weight is 353 g/mol. The van der Waals surface area contributed by atoms with Crippen LogP contribution in [0.1, 0.15) is 32.3 Å². The molecule has 1 heterocycles. The van der Waals surface area contributed by atoms with Crippen LogP contribution in [0.2, 0.25) is 0 Å². The van der Waals surface area contributed by atoms with Crippen LogP contribution in [0.5, 0.6) is 0 Å². The number of carbonyl (C=O) groups excluding carboxylic acids is 1. The topological polar surface area (TPSA) is 69.3 Å². The molecule has 0 radical (unpaired) electrons. The zero-order valence-corrected chi connectivity index (χ0v) is 15.7. The van der Waals surface area contributed by atoms with Crippen LogP contribution in [0.3, 0.4) is 0 Å². The Labute approximate surface area is 155 Å². The van der Waals surface area contributed by atoms with Gasteiger partial charge in [0.05, 0.1) is 11.9 Å². The lowest BCUT2D eigenvalue weighted by Crippen LogP contribution is -2.30. The second kappa shape index (κ2) is 8.08. The summed E-state index contributed by atoms with van der Waals surface area (Å²) in [5, 5.41) is 9.03. The van der Waals surface area contributed by atoms with E-state index in [1.807, 2.05) is 12.1 Å². The molecule has 1 saturated carbocycles. The standard InChI is InChI=1S/C20H27N5O/c1-4-25(5-2)17-9-10-18(14(3)12-17)24-19-11-8-16(13-21-19)23-20(26)22-15-6-7-15/h8-13,15H,4-7H2,1-3H3,(H,21,24)(H2,22,23,26). The molecular formula is C20H27N5O. The average Bonchev–Trinajstić information content (AvgIpc) is 3.44. The summed E-state index contributed by atoms with van der Waals surface area (Å²) in [6, 6.07) is 10.3. The van der Waals surface area contributed by atoms with E-state index in [0.717, 1.165) is 37.4 Å². The highest BCUT2D eigenvalue weighted by atomic mass is 16.2. The molecule has 0 spiro atoms. The Kier molecular flexibility index (Phi) is 5.61. The second-order valence-electron chi connectivity index (χ2n) is 6.60. The van der Waals surface area contributed by atoms with E-state index in [0.29, 0.717) is 11.7 Å². The summed E-state index contributed by atoms with van der Waals surface area (Å²) >= 11 is 0. The summed E-state index contributed by atoms with van der Waals surface area (Å²) < 4.78 is 0. The summed E-state index contributed by atoms with van der Waals surface area (Å²) in [6.45, 7) is 8.40. The highest BCUT2D eigenvalue weighted by Gasteiger charge is 2.23. The Hall–Kier alpha value is -2.76. The van der Waals surface area contributed by atoms with E-state index < -0.39 is 0 Å². The van der Waals surface area contributed by atoms with Crippen molar-refractivity contribution in [1.82, 2.24) is 10.3 Å². The van der Waals surface area contributed by atoms with Crippen LogP contribution in [0.25, 0.3) is 0 Å². The van der Waals surface area contributed by atoms with Crippen molar-refractivity contribution >= 4 is 28.9 Å². The second-order valence-corrected chi connectivity index (χ2v) is 6.60. The normalized spacial score (nSPS) is 13.2. The smallest absolute Gasteiger partial charge is 0.319 e. The van der Waals surface area contributed by atoms with Gasteiger partial charge in [-0.2, -0.15) is 0 Å². The number of aryl methyl sites for hydroxylation is 1. The van der Waals surface area contributed by atoms with Gasteiger partial charge in [-0.1, -0.05) is 0 Å². The number of anilines is 4. The summed E-state index contributed by atoms with van der Waals surface area (Å²) in [6.07, 6.45) is 3.80. The minimum absolute atomic E-state index is 0.169. The third kappa shape index (κ3) is 4.65. The van der Waals surface area contributed by atoms with Gasteiger partial charge in [-0.3, -0.25) is 0 Å². The predicted octanol–water partition coefficient (Wildman–Crippen LogP) is 4.26. The van der Waals surface area contributed by atoms with Gasteiger partial charge in [0.2, 0.25) is 0 Å². The fraction of sp³-hybridized carbons (Fsp3) is 0.400. The first kappa shape index (κ1) is 18.0. The summed E-state index contributed by atoms with van der Waals surface area (Å²) in [5.41, 5.74) is 4.11. The molecule has 1 aromatic carbocycles. The first-order chi connectivity index (χ1) is 12.6. The Balaban J connectivity index is 1.62. The number of rotatable bonds is 7. The van der Waals surface area contributed by atoms with Crippen LogP contribution in [-0.2, 0) is 0 Å². The maximum atomic E-state index is 11.8. The molecule has 6 heteroatoms. The van der Waals surface area contributed by atoms with Gasteiger partial charge in [0.1, 0.15) is 5.82 Å². The number of carbonyl (C=O) groups is 1. The lowest BCUT2D eigenvalue weighted by Gasteiger charge is -2.22. The maximum absolute atomic E-state index is 11.8. The molecule has 0 bridgehead atoms. The van der Waals surface area contributed by atoms with Crippen molar-refractivity contribution in [3.8, 4) is 0 Å². The van der Waals surface area contributed by atoms with Gasteiger partial charge < -0.3 is 20.9 Å². The Morgan fingerprint density at radius 2 is 1.96 bits per heavy atom. The fourth-order valence-corrected chi connectivity index (χ4v) is 2.83. The summed E-state index contributed by atoms with van der Waals surface area (Å²) in [5.74, 6) is 0.747. The van der Waals surface area contributed by atoms with E-state index in [4.69, 9.17) is 0 Å². The van der Waals surface area contributed by atoms with Gasteiger partial charge in [-0.05, 0) is 69.5 Å². The zero-order chi connectivity index (χ0) is 18.5.